The summed E-state index contributed by atoms with van der Waals surface area (Å²) in [4.78, 5) is 0. The fourth-order valence-electron chi connectivity index (χ4n) is 0.942. The van der Waals surface area contributed by atoms with Crippen LogP contribution in [0, 0.1) is 0 Å². The van der Waals surface area contributed by atoms with E-state index < -0.39 is 14.4 Å². The Morgan fingerprint density at radius 1 is 1.33 bits per heavy atom. The predicted molar refractivity (Wildman–Crippen MR) is 76.9 cm³/mol. The number of hydrogen-bond donors (Lipinski definition) is 1. The SMILES string of the molecule is C[C@@H](O[Si](C)(C)C(C)(C)C)[C@@H](O)/C=C/I. The summed E-state index contributed by atoms with van der Waals surface area (Å²) in [6.45, 7) is 12.9. The van der Waals surface area contributed by atoms with E-state index in [2.05, 4.69) is 56.5 Å². The van der Waals surface area contributed by atoms with Crippen LogP contribution in [0.25, 0.3) is 0 Å². The Labute approximate surface area is 108 Å². The van der Waals surface area contributed by atoms with Gasteiger partial charge in [-0.05, 0) is 35.2 Å². The zero-order chi connectivity index (χ0) is 12.3. The second-order valence-electron chi connectivity index (χ2n) is 5.39. The summed E-state index contributed by atoms with van der Waals surface area (Å²) >= 11 is 2.10. The fourth-order valence-corrected chi connectivity index (χ4v) is 2.79. The lowest BCUT2D eigenvalue weighted by molar-refractivity contribution is 0.0695. The van der Waals surface area contributed by atoms with Gasteiger partial charge >= 0.3 is 0 Å². The third-order valence-electron chi connectivity index (χ3n) is 3.04. The summed E-state index contributed by atoms with van der Waals surface area (Å²) in [5.74, 6) is 0. The molecule has 1 N–H and O–H groups in total. The van der Waals surface area contributed by atoms with Gasteiger partial charge in [0.25, 0.3) is 0 Å². The first-order valence-corrected chi connectivity index (χ1v) is 9.40. The van der Waals surface area contributed by atoms with Crippen molar-refractivity contribution in [3.8, 4) is 0 Å². The molecule has 0 saturated carbocycles. The second kappa shape index (κ2) is 5.79. The van der Waals surface area contributed by atoms with Crippen LogP contribution < -0.4 is 0 Å². The molecular formula is C11H23IO2Si. The van der Waals surface area contributed by atoms with Gasteiger partial charge in [-0.2, -0.15) is 0 Å². The summed E-state index contributed by atoms with van der Waals surface area (Å²) in [5.41, 5.74) is 0. The second-order valence-corrected chi connectivity index (χ2v) is 10.9. The Morgan fingerprint density at radius 3 is 2.13 bits per heavy atom. The standard InChI is InChI=1S/C11H23IO2Si/c1-9(10(13)7-8-12)14-15(5,6)11(2,3)4/h7-10,13H,1-6H3/b8-7+/t9-,10+/m1/s1. The van der Waals surface area contributed by atoms with Crippen LogP contribution in [-0.4, -0.2) is 25.6 Å². The maximum atomic E-state index is 9.75. The summed E-state index contributed by atoms with van der Waals surface area (Å²) in [7, 11) is -1.76. The highest BCUT2D eigenvalue weighted by Gasteiger charge is 2.39. The Morgan fingerprint density at radius 2 is 1.80 bits per heavy atom. The van der Waals surface area contributed by atoms with Gasteiger partial charge in [0.1, 0.15) is 0 Å². The maximum Gasteiger partial charge on any atom is 0.192 e. The molecule has 0 saturated heterocycles. The first-order chi connectivity index (χ1) is 6.62. The van der Waals surface area contributed by atoms with Crippen molar-refractivity contribution in [2.75, 3.05) is 0 Å². The molecule has 4 heteroatoms. The van der Waals surface area contributed by atoms with Crippen LogP contribution in [0.1, 0.15) is 27.7 Å². The largest absolute Gasteiger partial charge is 0.411 e. The van der Waals surface area contributed by atoms with Crippen LogP contribution in [0.5, 0.6) is 0 Å². The zero-order valence-electron chi connectivity index (χ0n) is 10.5. The van der Waals surface area contributed by atoms with Gasteiger partial charge in [-0.25, -0.2) is 0 Å². The minimum Gasteiger partial charge on any atom is -0.411 e. The van der Waals surface area contributed by atoms with E-state index >= 15 is 0 Å². The third kappa shape index (κ3) is 4.97. The number of aliphatic hydroxyl groups excluding tert-OH is 1. The van der Waals surface area contributed by atoms with Crippen LogP contribution in [-0.2, 0) is 4.43 Å². The van der Waals surface area contributed by atoms with E-state index in [-0.39, 0.29) is 11.1 Å². The molecule has 0 heterocycles. The third-order valence-corrected chi connectivity index (χ3v) is 8.03. The van der Waals surface area contributed by atoms with E-state index in [1.165, 1.54) is 0 Å². The van der Waals surface area contributed by atoms with E-state index in [1.807, 2.05) is 11.0 Å². The van der Waals surface area contributed by atoms with E-state index in [9.17, 15) is 5.11 Å². The van der Waals surface area contributed by atoms with Crippen LogP contribution in [0.4, 0.5) is 0 Å². The Kier molecular flexibility index (Phi) is 6.03. The van der Waals surface area contributed by atoms with Gasteiger partial charge < -0.3 is 9.53 Å². The predicted octanol–water partition coefficient (Wildman–Crippen LogP) is 3.71. The molecule has 0 aliphatic carbocycles. The van der Waals surface area contributed by atoms with Crippen molar-refractivity contribution in [2.45, 2.75) is 58.0 Å². The molecule has 90 valence electrons. The van der Waals surface area contributed by atoms with Crippen LogP contribution >= 0.6 is 22.6 Å². The quantitative estimate of drug-likeness (QED) is 0.623. The van der Waals surface area contributed by atoms with E-state index in [4.69, 9.17) is 4.43 Å². The summed E-state index contributed by atoms with van der Waals surface area (Å²) in [6.07, 6.45) is 1.13. The van der Waals surface area contributed by atoms with Gasteiger partial charge in [0.15, 0.2) is 8.32 Å². The van der Waals surface area contributed by atoms with Crippen LogP contribution in [0.2, 0.25) is 18.1 Å². The van der Waals surface area contributed by atoms with Crippen LogP contribution in [0.15, 0.2) is 10.2 Å². The Bertz CT molecular complexity index is 221. The highest BCUT2D eigenvalue weighted by Crippen LogP contribution is 2.37. The van der Waals surface area contributed by atoms with Gasteiger partial charge in [0.05, 0.1) is 12.2 Å². The zero-order valence-corrected chi connectivity index (χ0v) is 13.7. The molecule has 0 bridgehead atoms. The number of aliphatic hydroxyl groups is 1. The highest BCUT2D eigenvalue weighted by atomic mass is 127. The fraction of sp³-hybridized carbons (Fsp3) is 0.818. The number of halogens is 1. The van der Waals surface area contributed by atoms with Gasteiger partial charge in [0.2, 0.25) is 0 Å². The molecule has 0 aliphatic rings. The summed E-state index contributed by atoms with van der Waals surface area (Å²) in [6, 6.07) is 0. The van der Waals surface area contributed by atoms with Crippen molar-refractivity contribution < 1.29 is 9.53 Å². The molecule has 0 unspecified atom stereocenters. The first kappa shape index (κ1) is 15.6. The van der Waals surface area contributed by atoms with Crippen molar-refractivity contribution >= 4 is 30.9 Å². The summed E-state index contributed by atoms with van der Waals surface area (Å²) in [5, 5.41) is 9.94. The van der Waals surface area contributed by atoms with Crippen molar-refractivity contribution in [3.63, 3.8) is 0 Å². The topological polar surface area (TPSA) is 29.5 Å². The van der Waals surface area contributed by atoms with Gasteiger partial charge in [-0.3, -0.25) is 0 Å². The molecular weight excluding hydrogens is 319 g/mol. The molecule has 2 nitrogen and oxygen atoms in total. The molecule has 0 aromatic rings. The molecule has 2 atom stereocenters. The lowest BCUT2D eigenvalue weighted by Crippen LogP contribution is -2.45. The minimum atomic E-state index is -1.76. The van der Waals surface area contributed by atoms with Gasteiger partial charge in [0, 0.05) is 0 Å². The smallest absolute Gasteiger partial charge is 0.192 e. The molecule has 0 amide bonds. The van der Waals surface area contributed by atoms with E-state index in [0.29, 0.717) is 0 Å². The monoisotopic (exact) mass is 342 g/mol. The van der Waals surface area contributed by atoms with Crippen molar-refractivity contribution in [1.82, 2.24) is 0 Å². The van der Waals surface area contributed by atoms with Crippen molar-refractivity contribution in [1.29, 1.82) is 0 Å². The maximum absolute atomic E-state index is 9.75. The molecule has 0 aromatic carbocycles. The first-order valence-electron chi connectivity index (χ1n) is 5.24. The van der Waals surface area contributed by atoms with E-state index in [0.717, 1.165) is 0 Å². The molecule has 0 rings (SSSR count). The lowest BCUT2D eigenvalue weighted by Gasteiger charge is -2.39. The molecule has 0 spiro atoms. The molecule has 0 aromatic heterocycles. The lowest BCUT2D eigenvalue weighted by atomic mass is 10.2. The van der Waals surface area contributed by atoms with Gasteiger partial charge in [-0.1, -0.05) is 43.4 Å². The van der Waals surface area contributed by atoms with E-state index in [1.54, 1.807) is 6.08 Å². The average Bonchev–Trinajstić information content (AvgIpc) is 2.01. The Hall–Kier alpha value is 0.607. The molecule has 15 heavy (non-hydrogen) atoms. The minimum absolute atomic E-state index is 0.128. The molecule has 0 aliphatic heterocycles. The van der Waals surface area contributed by atoms with Gasteiger partial charge in [-0.15, -0.1) is 0 Å². The number of rotatable bonds is 4. The van der Waals surface area contributed by atoms with Crippen molar-refractivity contribution in [3.05, 3.63) is 10.2 Å². The normalized spacial score (nSPS) is 18.1. The number of hydrogen-bond acceptors (Lipinski definition) is 2. The van der Waals surface area contributed by atoms with Crippen LogP contribution in [0.3, 0.4) is 0 Å². The Balaban J connectivity index is 4.46. The molecule has 0 radical (unpaired) electrons. The summed E-state index contributed by atoms with van der Waals surface area (Å²) < 4.78 is 7.88. The molecule has 0 fully saturated rings. The highest BCUT2D eigenvalue weighted by molar-refractivity contribution is 14.1. The van der Waals surface area contributed by atoms with Crippen molar-refractivity contribution in [2.24, 2.45) is 0 Å². The average molecular weight is 342 g/mol.